The third-order valence-corrected chi connectivity index (χ3v) is 3.45. The van der Waals surface area contributed by atoms with Crippen LogP contribution in [0.25, 0.3) is 0 Å². The number of nitrogens with two attached hydrogens (primary N) is 1. The average molecular weight is 279 g/mol. The number of hydrogen-bond acceptors (Lipinski definition) is 4. The van der Waals surface area contributed by atoms with Crippen molar-refractivity contribution in [2.75, 3.05) is 18.6 Å². The zero-order valence-electron chi connectivity index (χ0n) is 9.81. The maximum atomic E-state index is 13.0. The summed E-state index contributed by atoms with van der Waals surface area (Å²) in [5, 5.41) is 9.78. The zero-order valence-corrected chi connectivity index (χ0v) is 10.6. The van der Waals surface area contributed by atoms with Crippen molar-refractivity contribution in [1.29, 1.82) is 0 Å². The molecule has 0 spiro atoms. The number of aliphatic hydroxyl groups is 1. The molecule has 102 valence electrons. The van der Waals surface area contributed by atoms with Crippen molar-refractivity contribution in [2.24, 2.45) is 5.73 Å². The molecule has 0 heterocycles. The molecule has 0 aliphatic heterocycles. The normalized spacial score (nSPS) is 15.4. The second-order valence-corrected chi connectivity index (χ2v) is 6.39. The fourth-order valence-electron chi connectivity index (χ4n) is 1.73. The van der Waals surface area contributed by atoms with E-state index in [1.165, 1.54) is 0 Å². The highest BCUT2D eigenvalue weighted by atomic mass is 32.2. The topological polar surface area (TPSA) is 80.4 Å². The summed E-state index contributed by atoms with van der Waals surface area (Å²) >= 11 is 0. The number of rotatable bonds is 5. The molecule has 2 unspecified atom stereocenters. The van der Waals surface area contributed by atoms with Gasteiger partial charge in [-0.05, 0) is 17.7 Å². The van der Waals surface area contributed by atoms with E-state index in [-0.39, 0.29) is 12.1 Å². The van der Waals surface area contributed by atoms with Gasteiger partial charge in [0.1, 0.15) is 21.5 Å². The van der Waals surface area contributed by atoms with Gasteiger partial charge in [-0.2, -0.15) is 0 Å². The molecule has 0 aromatic heterocycles. The lowest BCUT2D eigenvalue weighted by molar-refractivity contribution is 0.167. The van der Waals surface area contributed by atoms with Gasteiger partial charge in [0, 0.05) is 24.8 Å². The number of aliphatic hydroxyl groups excluding tert-OH is 1. The highest BCUT2D eigenvalue weighted by Gasteiger charge is 2.24. The van der Waals surface area contributed by atoms with Crippen LogP contribution in [-0.4, -0.2) is 38.2 Å². The number of sulfone groups is 1. The molecule has 2 atom stereocenters. The molecule has 0 amide bonds. The molecule has 0 bridgehead atoms. The van der Waals surface area contributed by atoms with E-state index in [2.05, 4.69) is 0 Å². The summed E-state index contributed by atoms with van der Waals surface area (Å²) in [5.41, 5.74) is 5.57. The molecule has 1 rings (SSSR count). The number of halogens is 2. The summed E-state index contributed by atoms with van der Waals surface area (Å²) in [6.07, 6.45) is -0.332. The maximum Gasteiger partial charge on any atom is 0.150 e. The van der Waals surface area contributed by atoms with Gasteiger partial charge in [-0.3, -0.25) is 0 Å². The Labute approximate surface area is 104 Å². The van der Waals surface area contributed by atoms with E-state index in [9.17, 15) is 22.3 Å². The largest absolute Gasteiger partial charge is 0.391 e. The lowest BCUT2D eigenvalue weighted by Crippen LogP contribution is -2.31. The van der Waals surface area contributed by atoms with Crippen LogP contribution in [0.1, 0.15) is 11.5 Å². The molecule has 7 heteroatoms. The van der Waals surface area contributed by atoms with Gasteiger partial charge in [0.05, 0.1) is 11.9 Å². The Morgan fingerprint density at radius 2 is 1.78 bits per heavy atom. The monoisotopic (exact) mass is 279 g/mol. The standard InChI is InChI=1S/C11H15F2NO3S/c1-18(16,17)6-11(15)10(5-14)7-2-8(12)4-9(13)3-7/h2-4,10-11,15H,5-6,14H2,1H3. The van der Waals surface area contributed by atoms with Crippen LogP contribution >= 0.6 is 0 Å². The summed E-state index contributed by atoms with van der Waals surface area (Å²) in [4.78, 5) is 0. The second kappa shape index (κ2) is 5.73. The third kappa shape index (κ3) is 4.32. The molecule has 0 aliphatic rings. The second-order valence-electron chi connectivity index (χ2n) is 4.20. The van der Waals surface area contributed by atoms with E-state index >= 15 is 0 Å². The van der Waals surface area contributed by atoms with Crippen molar-refractivity contribution in [3.05, 3.63) is 35.4 Å². The van der Waals surface area contributed by atoms with Crippen LogP contribution in [0.15, 0.2) is 18.2 Å². The van der Waals surface area contributed by atoms with E-state index in [0.717, 1.165) is 18.4 Å². The average Bonchev–Trinajstić information content (AvgIpc) is 2.13. The Morgan fingerprint density at radius 3 is 2.17 bits per heavy atom. The smallest absolute Gasteiger partial charge is 0.150 e. The molecule has 3 N–H and O–H groups in total. The zero-order chi connectivity index (χ0) is 13.9. The van der Waals surface area contributed by atoms with E-state index in [1.54, 1.807) is 0 Å². The van der Waals surface area contributed by atoms with Gasteiger partial charge < -0.3 is 10.8 Å². The lowest BCUT2D eigenvalue weighted by atomic mass is 9.94. The van der Waals surface area contributed by atoms with Crippen molar-refractivity contribution >= 4 is 9.84 Å². The Bertz CT molecular complexity index is 499. The van der Waals surface area contributed by atoms with Gasteiger partial charge >= 0.3 is 0 Å². The summed E-state index contributed by atoms with van der Waals surface area (Å²) in [6, 6.07) is 2.76. The molecule has 0 aliphatic carbocycles. The molecule has 1 aromatic carbocycles. The quantitative estimate of drug-likeness (QED) is 0.818. The predicted molar refractivity (Wildman–Crippen MR) is 63.9 cm³/mol. The highest BCUT2D eigenvalue weighted by Crippen LogP contribution is 2.22. The van der Waals surface area contributed by atoms with Crippen LogP contribution in [0, 0.1) is 11.6 Å². The highest BCUT2D eigenvalue weighted by molar-refractivity contribution is 7.90. The fourth-order valence-corrected chi connectivity index (χ4v) is 2.58. The van der Waals surface area contributed by atoms with Gasteiger partial charge in [0.15, 0.2) is 0 Å². The Balaban J connectivity index is 3.02. The Morgan fingerprint density at radius 1 is 1.28 bits per heavy atom. The van der Waals surface area contributed by atoms with Crippen molar-refractivity contribution in [2.45, 2.75) is 12.0 Å². The lowest BCUT2D eigenvalue weighted by Gasteiger charge is -2.21. The van der Waals surface area contributed by atoms with Crippen LogP contribution in [0.5, 0.6) is 0 Å². The van der Waals surface area contributed by atoms with E-state index < -0.39 is 39.2 Å². The van der Waals surface area contributed by atoms with Crippen molar-refractivity contribution in [3.8, 4) is 0 Å². The van der Waals surface area contributed by atoms with Crippen LogP contribution in [0.2, 0.25) is 0 Å². The minimum absolute atomic E-state index is 0.112. The maximum absolute atomic E-state index is 13.0. The minimum atomic E-state index is -3.40. The summed E-state index contributed by atoms with van der Waals surface area (Å²) < 4.78 is 48.2. The van der Waals surface area contributed by atoms with E-state index in [0.29, 0.717) is 6.07 Å². The molecule has 4 nitrogen and oxygen atoms in total. The molecule has 0 saturated carbocycles. The molecular formula is C11H15F2NO3S. The first-order valence-electron chi connectivity index (χ1n) is 5.25. The van der Waals surface area contributed by atoms with Crippen molar-refractivity contribution < 1.29 is 22.3 Å². The SMILES string of the molecule is CS(=O)(=O)CC(O)C(CN)c1cc(F)cc(F)c1. The number of benzene rings is 1. The van der Waals surface area contributed by atoms with Crippen LogP contribution in [0.3, 0.4) is 0 Å². The molecule has 0 radical (unpaired) electrons. The summed E-state index contributed by atoms with van der Waals surface area (Å²) in [5.74, 6) is -2.93. The van der Waals surface area contributed by atoms with Crippen LogP contribution in [-0.2, 0) is 9.84 Å². The van der Waals surface area contributed by atoms with Crippen LogP contribution < -0.4 is 5.73 Å². The molecule has 18 heavy (non-hydrogen) atoms. The molecule has 0 fully saturated rings. The van der Waals surface area contributed by atoms with Gasteiger partial charge in [-0.25, -0.2) is 17.2 Å². The van der Waals surface area contributed by atoms with Crippen molar-refractivity contribution in [3.63, 3.8) is 0 Å². The van der Waals surface area contributed by atoms with Crippen molar-refractivity contribution in [1.82, 2.24) is 0 Å². The Hall–Kier alpha value is -1.05. The first-order chi connectivity index (χ1) is 8.23. The first-order valence-corrected chi connectivity index (χ1v) is 7.31. The predicted octanol–water partition coefficient (Wildman–Crippen LogP) is 0.413. The molecule has 0 saturated heterocycles. The van der Waals surface area contributed by atoms with Gasteiger partial charge in [0.2, 0.25) is 0 Å². The number of hydrogen-bond donors (Lipinski definition) is 2. The van der Waals surface area contributed by atoms with E-state index in [1.807, 2.05) is 0 Å². The summed E-state index contributed by atoms with van der Waals surface area (Å²) in [7, 11) is -3.40. The van der Waals surface area contributed by atoms with Gasteiger partial charge in [-0.1, -0.05) is 0 Å². The van der Waals surface area contributed by atoms with Gasteiger partial charge in [0.25, 0.3) is 0 Å². The summed E-state index contributed by atoms with van der Waals surface area (Å²) in [6.45, 7) is -0.112. The molecular weight excluding hydrogens is 264 g/mol. The minimum Gasteiger partial charge on any atom is -0.391 e. The van der Waals surface area contributed by atoms with E-state index in [4.69, 9.17) is 5.73 Å². The fraction of sp³-hybridized carbons (Fsp3) is 0.455. The third-order valence-electron chi connectivity index (χ3n) is 2.50. The Kier molecular flexibility index (Phi) is 4.78. The van der Waals surface area contributed by atoms with Gasteiger partial charge in [-0.15, -0.1) is 0 Å². The molecule has 1 aromatic rings. The first kappa shape index (κ1) is 15.0. The van der Waals surface area contributed by atoms with Crippen LogP contribution in [0.4, 0.5) is 8.78 Å².